The Morgan fingerprint density at radius 1 is 1.55 bits per heavy atom. The van der Waals surface area contributed by atoms with Gasteiger partial charge in [0.05, 0.1) is 6.10 Å². The molecule has 0 saturated heterocycles. The second kappa shape index (κ2) is 5.22. The van der Waals surface area contributed by atoms with Crippen molar-refractivity contribution < 1.29 is 14.3 Å². The molecule has 1 atom stereocenters. The van der Waals surface area contributed by atoms with Gasteiger partial charge in [-0.1, -0.05) is 15.9 Å². The Bertz CT molecular complexity index is 660. The fourth-order valence-corrected chi connectivity index (χ4v) is 2.70. The second-order valence-electron chi connectivity index (χ2n) is 5.31. The lowest BCUT2D eigenvalue weighted by Gasteiger charge is -2.09. The third kappa shape index (κ3) is 2.60. The van der Waals surface area contributed by atoms with Crippen LogP contribution in [0.25, 0.3) is 11.0 Å². The monoisotopic (exact) mass is 337 g/mol. The van der Waals surface area contributed by atoms with E-state index in [0.29, 0.717) is 17.3 Å². The summed E-state index contributed by atoms with van der Waals surface area (Å²) in [7, 11) is 0. The first kappa shape index (κ1) is 13.6. The van der Waals surface area contributed by atoms with Gasteiger partial charge in [-0.15, -0.1) is 0 Å². The smallest absolute Gasteiger partial charge is 0.287 e. The van der Waals surface area contributed by atoms with E-state index in [4.69, 9.17) is 4.42 Å². The molecule has 2 N–H and O–H groups in total. The van der Waals surface area contributed by atoms with Crippen LogP contribution >= 0.6 is 15.9 Å². The lowest BCUT2D eigenvalue weighted by molar-refractivity contribution is 0.0876. The Hall–Kier alpha value is -1.33. The van der Waals surface area contributed by atoms with Crippen LogP contribution < -0.4 is 5.32 Å². The van der Waals surface area contributed by atoms with Crippen molar-refractivity contribution in [3.05, 3.63) is 34.0 Å². The highest BCUT2D eigenvalue weighted by molar-refractivity contribution is 9.10. The second-order valence-corrected chi connectivity index (χ2v) is 6.23. The van der Waals surface area contributed by atoms with Crippen molar-refractivity contribution in [2.45, 2.75) is 25.9 Å². The molecule has 1 aliphatic rings. The number of hydrogen-bond donors (Lipinski definition) is 2. The normalized spacial score (nSPS) is 16.4. The van der Waals surface area contributed by atoms with Crippen LogP contribution in [0.4, 0.5) is 0 Å². The highest BCUT2D eigenvalue weighted by atomic mass is 79.9. The number of aryl methyl sites for hydroxylation is 1. The molecule has 4 nitrogen and oxygen atoms in total. The molecule has 1 amide bonds. The lowest BCUT2D eigenvalue weighted by atomic mass is 10.1. The van der Waals surface area contributed by atoms with Crippen LogP contribution in [0.5, 0.6) is 0 Å². The summed E-state index contributed by atoms with van der Waals surface area (Å²) in [6.45, 7) is 2.15. The number of amides is 1. The maximum atomic E-state index is 12.1. The minimum absolute atomic E-state index is 0.269. The van der Waals surface area contributed by atoms with E-state index in [9.17, 15) is 9.90 Å². The zero-order valence-electron chi connectivity index (χ0n) is 11.1. The molecular weight excluding hydrogens is 322 g/mol. The van der Waals surface area contributed by atoms with Gasteiger partial charge in [0.25, 0.3) is 5.91 Å². The number of aliphatic hydroxyl groups is 1. The molecule has 1 unspecified atom stereocenters. The molecule has 1 heterocycles. The Kier molecular flexibility index (Phi) is 3.56. The number of hydrogen-bond acceptors (Lipinski definition) is 3. The highest BCUT2D eigenvalue weighted by Gasteiger charge is 2.30. The number of carbonyl (C=O) groups excluding carboxylic acids is 1. The molecule has 3 rings (SSSR count). The van der Waals surface area contributed by atoms with Crippen LogP contribution in [0.3, 0.4) is 0 Å². The molecule has 1 saturated carbocycles. The molecular formula is C15H16BrNO3. The van der Waals surface area contributed by atoms with E-state index in [1.54, 1.807) is 0 Å². The first-order valence-electron chi connectivity index (χ1n) is 6.71. The number of aliphatic hydroxyl groups excluding tert-OH is 1. The quantitative estimate of drug-likeness (QED) is 0.901. The van der Waals surface area contributed by atoms with Crippen LogP contribution in [-0.2, 0) is 0 Å². The molecule has 1 aromatic heterocycles. The van der Waals surface area contributed by atoms with Crippen LogP contribution in [0.15, 0.2) is 27.1 Å². The van der Waals surface area contributed by atoms with Crippen molar-refractivity contribution >= 4 is 32.8 Å². The maximum Gasteiger partial charge on any atom is 0.287 e. The van der Waals surface area contributed by atoms with Crippen molar-refractivity contribution in [1.29, 1.82) is 0 Å². The molecule has 1 aliphatic carbocycles. The topological polar surface area (TPSA) is 62.5 Å². The lowest BCUT2D eigenvalue weighted by Crippen LogP contribution is -2.33. The molecule has 0 radical (unpaired) electrons. The van der Waals surface area contributed by atoms with Crippen LogP contribution in [0.2, 0.25) is 0 Å². The number of rotatable bonds is 4. The summed E-state index contributed by atoms with van der Waals surface area (Å²) in [5.41, 5.74) is 1.51. The summed E-state index contributed by atoms with van der Waals surface area (Å²) < 4.78 is 6.56. The van der Waals surface area contributed by atoms with Crippen molar-refractivity contribution in [3.63, 3.8) is 0 Å². The van der Waals surface area contributed by atoms with Gasteiger partial charge in [0, 0.05) is 22.0 Å². The fourth-order valence-electron chi connectivity index (χ4n) is 2.33. The minimum Gasteiger partial charge on any atom is -0.451 e. The standard InChI is InChI=1S/C15H16BrNO3/c1-8-11-6-10(16)4-5-13(11)20-14(8)15(19)17-7-12(18)9-2-3-9/h4-6,9,12,18H,2-3,7H2,1H3,(H,17,19). The number of nitrogens with one attached hydrogen (secondary N) is 1. The van der Waals surface area contributed by atoms with Gasteiger partial charge in [-0.3, -0.25) is 4.79 Å². The van der Waals surface area contributed by atoms with E-state index in [1.807, 2.05) is 25.1 Å². The molecule has 0 spiro atoms. The first-order chi connectivity index (χ1) is 9.56. The number of benzene rings is 1. The average Bonchev–Trinajstić information content (AvgIpc) is 3.22. The SMILES string of the molecule is Cc1c(C(=O)NCC(O)C2CC2)oc2ccc(Br)cc12. The number of halogens is 1. The van der Waals surface area contributed by atoms with Crippen molar-refractivity contribution in [1.82, 2.24) is 5.32 Å². The molecule has 5 heteroatoms. The summed E-state index contributed by atoms with van der Waals surface area (Å²) in [6.07, 6.45) is 1.65. The fraction of sp³-hybridized carbons (Fsp3) is 0.400. The predicted molar refractivity (Wildman–Crippen MR) is 79.7 cm³/mol. The average molecular weight is 338 g/mol. The highest BCUT2D eigenvalue weighted by Crippen LogP contribution is 2.32. The molecule has 1 fully saturated rings. The summed E-state index contributed by atoms with van der Waals surface area (Å²) >= 11 is 3.41. The van der Waals surface area contributed by atoms with Crippen LogP contribution in [-0.4, -0.2) is 23.7 Å². The third-order valence-electron chi connectivity index (χ3n) is 3.74. The molecule has 1 aromatic carbocycles. The minimum atomic E-state index is -0.447. The maximum absolute atomic E-state index is 12.1. The summed E-state index contributed by atoms with van der Waals surface area (Å²) in [5, 5.41) is 13.4. The van der Waals surface area contributed by atoms with E-state index in [0.717, 1.165) is 28.3 Å². The van der Waals surface area contributed by atoms with E-state index in [1.165, 1.54) is 0 Å². The molecule has 106 valence electrons. The third-order valence-corrected chi connectivity index (χ3v) is 4.24. The first-order valence-corrected chi connectivity index (χ1v) is 7.50. The van der Waals surface area contributed by atoms with Gasteiger partial charge in [0.2, 0.25) is 0 Å². The number of fused-ring (bicyclic) bond motifs is 1. The van der Waals surface area contributed by atoms with Gasteiger partial charge in [0.1, 0.15) is 5.58 Å². The predicted octanol–water partition coefficient (Wildman–Crippen LogP) is 3.00. The van der Waals surface area contributed by atoms with Crippen molar-refractivity contribution in [2.75, 3.05) is 6.54 Å². The zero-order chi connectivity index (χ0) is 14.3. The molecule has 20 heavy (non-hydrogen) atoms. The Morgan fingerprint density at radius 2 is 2.30 bits per heavy atom. The van der Waals surface area contributed by atoms with E-state index < -0.39 is 6.10 Å². The Balaban J connectivity index is 1.78. The van der Waals surface area contributed by atoms with E-state index in [-0.39, 0.29) is 12.5 Å². The largest absolute Gasteiger partial charge is 0.451 e. The van der Waals surface area contributed by atoms with Crippen LogP contribution in [0, 0.1) is 12.8 Å². The molecule has 0 bridgehead atoms. The summed E-state index contributed by atoms with van der Waals surface area (Å²) in [4.78, 5) is 12.1. The van der Waals surface area contributed by atoms with Crippen LogP contribution in [0.1, 0.15) is 29.0 Å². The molecule has 2 aromatic rings. The van der Waals surface area contributed by atoms with Crippen molar-refractivity contribution in [2.24, 2.45) is 5.92 Å². The van der Waals surface area contributed by atoms with Gasteiger partial charge in [-0.25, -0.2) is 0 Å². The van der Waals surface area contributed by atoms with Gasteiger partial charge in [-0.05, 0) is 43.9 Å². The number of furan rings is 1. The number of carbonyl (C=O) groups is 1. The van der Waals surface area contributed by atoms with Gasteiger partial charge in [0.15, 0.2) is 5.76 Å². The van der Waals surface area contributed by atoms with E-state index in [2.05, 4.69) is 21.2 Å². The summed E-state index contributed by atoms with van der Waals surface area (Å²) in [5.74, 6) is 0.402. The van der Waals surface area contributed by atoms with Crippen molar-refractivity contribution in [3.8, 4) is 0 Å². The van der Waals surface area contributed by atoms with Gasteiger partial charge in [-0.2, -0.15) is 0 Å². The summed E-state index contributed by atoms with van der Waals surface area (Å²) in [6, 6.07) is 5.65. The Morgan fingerprint density at radius 3 is 3.00 bits per heavy atom. The van der Waals surface area contributed by atoms with Gasteiger partial charge < -0.3 is 14.8 Å². The zero-order valence-corrected chi connectivity index (χ0v) is 12.7. The Labute approximate surface area is 125 Å². The van der Waals surface area contributed by atoms with Gasteiger partial charge >= 0.3 is 0 Å². The molecule has 0 aliphatic heterocycles. The van der Waals surface area contributed by atoms with E-state index >= 15 is 0 Å².